The van der Waals surface area contributed by atoms with Crippen LogP contribution in [0.1, 0.15) is 18.2 Å². The summed E-state index contributed by atoms with van der Waals surface area (Å²) < 4.78 is 10.7. The Balaban J connectivity index is 1.70. The number of aromatic nitrogens is 1. The van der Waals surface area contributed by atoms with Gasteiger partial charge >= 0.3 is 0 Å². The molecular weight excluding hydrogens is 406 g/mol. The molecule has 7 heteroatoms. The van der Waals surface area contributed by atoms with Crippen LogP contribution in [0.25, 0.3) is 5.57 Å². The number of rotatable bonds is 8. The summed E-state index contributed by atoms with van der Waals surface area (Å²) in [6.45, 7) is 2.54. The maximum atomic E-state index is 13.4. The Kier molecular flexibility index (Phi) is 6.17. The molecule has 162 valence electrons. The third kappa shape index (κ3) is 4.32. The molecule has 0 unspecified atom stereocenters. The summed E-state index contributed by atoms with van der Waals surface area (Å²) >= 11 is 0. The lowest BCUT2D eigenvalue weighted by atomic mass is 10.0. The number of carbonyl (C=O) groups excluding carboxylic acids is 2. The van der Waals surface area contributed by atoms with Crippen LogP contribution in [0.5, 0.6) is 11.5 Å². The Morgan fingerprint density at radius 2 is 1.62 bits per heavy atom. The molecule has 0 bridgehead atoms. The minimum Gasteiger partial charge on any atom is -0.497 e. The molecule has 0 fully saturated rings. The standard InChI is InChI=1S/C25H23N3O4/c1-3-32-21-11-7-17(8-12-21)22-23(27-18-9-13-20(31-2)14-10-18)25(30)28(24(22)29)16-19-6-4-5-15-26-19/h4-15,27H,3,16H2,1-2H3. The minimum absolute atomic E-state index is 0.0901. The van der Waals surface area contributed by atoms with Gasteiger partial charge in [0, 0.05) is 11.9 Å². The maximum absolute atomic E-state index is 13.4. The van der Waals surface area contributed by atoms with Crippen LogP contribution in [0.4, 0.5) is 5.69 Å². The van der Waals surface area contributed by atoms with E-state index in [4.69, 9.17) is 9.47 Å². The Bertz CT molecular complexity index is 1140. The fourth-order valence-corrected chi connectivity index (χ4v) is 3.46. The molecule has 1 N–H and O–H groups in total. The highest BCUT2D eigenvalue weighted by molar-refractivity contribution is 6.36. The van der Waals surface area contributed by atoms with E-state index >= 15 is 0 Å². The second kappa shape index (κ2) is 9.34. The van der Waals surface area contributed by atoms with E-state index in [0.29, 0.717) is 40.6 Å². The second-order valence-corrected chi connectivity index (χ2v) is 7.08. The molecule has 3 aromatic rings. The normalized spacial score (nSPS) is 13.5. The van der Waals surface area contributed by atoms with Crippen molar-refractivity contribution < 1.29 is 19.1 Å². The zero-order valence-electron chi connectivity index (χ0n) is 17.9. The molecule has 1 aromatic heterocycles. The number of carbonyl (C=O) groups is 2. The summed E-state index contributed by atoms with van der Waals surface area (Å²) in [4.78, 5) is 32.1. The number of ether oxygens (including phenoxy) is 2. The maximum Gasteiger partial charge on any atom is 0.278 e. The molecule has 7 nitrogen and oxygen atoms in total. The third-order valence-electron chi connectivity index (χ3n) is 5.03. The smallest absolute Gasteiger partial charge is 0.278 e. The molecule has 0 saturated heterocycles. The van der Waals surface area contributed by atoms with Gasteiger partial charge in [0.2, 0.25) is 0 Å². The summed E-state index contributed by atoms with van der Waals surface area (Å²) in [6.07, 6.45) is 1.64. The highest BCUT2D eigenvalue weighted by Gasteiger charge is 2.39. The first-order valence-electron chi connectivity index (χ1n) is 10.3. The number of hydrogen-bond donors (Lipinski definition) is 1. The van der Waals surface area contributed by atoms with Crippen LogP contribution in [-0.2, 0) is 16.1 Å². The molecule has 2 heterocycles. The molecule has 2 aromatic carbocycles. The molecule has 1 aliphatic rings. The van der Waals surface area contributed by atoms with Crippen molar-refractivity contribution in [3.05, 3.63) is 89.9 Å². The van der Waals surface area contributed by atoms with Crippen molar-refractivity contribution in [3.8, 4) is 11.5 Å². The Hall–Kier alpha value is -4.13. The summed E-state index contributed by atoms with van der Waals surface area (Å²) in [5.41, 5.74) is 2.47. The molecular formula is C25H23N3O4. The fraction of sp³-hybridized carbons (Fsp3) is 0.160. The molecule has 0 spiro atoms. The van der Waals surface area contributed by atoms with Gasteiger partial charge in [0.25, 0.3) is 11.8 Å². The van der Waals surface area contributed by atoms with Gasteiger partial charge in [0.15, 0.2) is 0 Å². The summed E-state index contributed by atoms with van der Waals surface area (Å²) in [6, 6.07) is 19.7. The van der Waals surface area contributed by atoms with Crippen LogP contribution in [-0.4, -0.2) is 35.4 Å². The van der Waals surface area contributed by atoms with Crippen molar-refractivity contribution in [2.24, 2.45) is 0 Å². The van der Waals surface area contributed by atoms with Crippen LogP contribution in [0, 0.1) is 0 Å². The van der Waals surface area contributed by atoms with Gasteiger partial charge in [-0.05, 0) is 61.0 Å². The van der Waals surface area contributed by atoms with Crippen LogP contribution in [0.2, 0.25) is 0 Å². The molecule has 0 saturated carbocycles. The number of nitrogens with zero attached hydrogens (tertiary/aromatic N) is 2. The monoisotopic (exact) mass is 429 g/mol. The highest BCUT2D eigenvalue weighted by atomic mass is 16.5. The highest BCUT2D eigenvalue weighted by Crippen LogP contribution is 2.32. The number of hydrogen-bond acceptors (Lipinski definition) is 6. The van der Waals surface area contributed by atoms with E-state index in [0.717, 1.165) is 0 Å². The van der Waals surface area contributed by atoms with Gasteiger partial charge in [-0.1, -0.05) is 18.2 Å². The molecule has 4 rings (SSSR count). The lowest BCUT2D eigenvalue weighted by molar-refractivity contribution is -0.137. The number of pyridine rings is 1. The van der Waals surface area contributed by atoms with E-state index in [1.807, 2.05) is 13.0 Å². The van der Waals surface area contributed by atoms with Crippen LogP contribution < -0.4 is 14.8 Å². The van der Waals surface area contributed by atoms with Crippen LogP contribution >= 0.6 is 0 Å². The largest absolute Gasteiger partial charge is 0.497 e. The van der Waals surface area contributed by atoms with Gasteiger partial charge in [-0.3, -0.25) is 19.5 Å². The lowest BCUT2D eigenvalue weighted by Gasteiger charge is -2.15. The van der Waals surface area contributed by atoms with E-state index in [9.17, 15) is 9.59 Å². The zero-order chi connectivity index (χ0) is 22.5. The van der Waals surface area contributed by atoms with Gasteiger partial charge in [-0.15, -0.1) is 0 Å². The van der Waals surface area contributed by atoms with E-state index in [1.165, 1.54) is 4.90 Å². The van der Waals surface area contributed by atoms with E-state index in [1.54, 1.807) is 74.0 Å². The molecule has 32 heavy (non-hydrogen) atoms. The molecule has 1 aliphatic heterocycles. The van der Waals surface area contributed by atoms with Crippen molar-refractivity contribution >= 4 is 23.1 Å². The van der Waals surface area contributed by atoms with Crippen LogP contribution in [0.15, 0.2) is 78.6 Å². The topological polar surface area (TPSA) is 80.8 Å². The Labute approximate surface area is 186 Å². The van der Waals surface area contributed by atoms with E-state index in [2.05, 4.69) is 10.3 Å². The van der Waals surface area contributed by atoms with Crippen molar-refractivity contribution in [3.63, 3.8) is 0 Å². The van der Waals surface area contributed by atoms with Crippen molar-refractivity contribution in [1.29, 1.82) is 0 Å². The van der Waals surface area contributed by atoms with E-state index < -0.39 is 5.91 Å². The predicted molar refractivity (Wildman–Crippen MR) is 121 cm³/mol. The van der Waals surface area contributed by atoms with Crippen molar-refractivity contribution in [2.75, 3.05) is 19.0 Å². The summed E-state index contributed by atoms with van der Waals surface area (Å²) in [5.74, 6) is 0.617. The van der Waals surface area contributed by atoms with Gasteiger partial charge in [0.05, 0.1) is 31.5 Å². The summed E-state index contributed by atoms with van der Waals surface area (Å²) in [7, 11) is 1.59. The SMILES string of the molecule is CCOc1ccc(C2=C(Nc3ccc(OC)cc3)C(=O)N(Cc3ccccn3)C2=O)cc1. The first-order chi connectivity index (χ1) is 15.6. The lowest BCUT2D eigenvalue weighted by Crippen LogP contribution is -2.32. The average molecular weight is 429 g/mol. The first-order valence-corrected chi connectivity index (χ1v) is 10.3. The fourth-order valence-electron chi connectivity index (χ4n) is 3.46. The van der Waals surface area contributed by atoms with E-state index in [-0.39, 0.29) is 18.1 Å². The Morgan fingerprint density at radius 1 is 0.906 bits per heavy atom. The minimum atomic E-state index is -0.402. The number of anilines is 1. The quantitative estimate of drug-likeness (QED) is 0.548. The molecule has 0 atom stereocenters. The van der Waals surface area contributed by atoms with Crippen molar-refractivity contribution in [2.45, 2.75) is 13.5 Å². The number of nitrogens with one attached hydrogen (secondary N) is 1. The molecule has 0 aliphatic carbocycles. The van der Waals surface area contributed by atoms with Gasteiger partial charge in [-0.2, -0.15) is 0 Å². The predicted octanol–water partition coefficient (Wildman–Crippen LogP) is 3.88. The average Bonchev–Trinajstić information content (AvgIpc) is 3.05. The molecule has 2 amide bonds. The second-order valence-electron chi connectivity index (χ2n) is 7.08. The van der Waals surface area contributed by atoms with Gasteiger partial charge < -0.3 is 14.8 Å². The zero-order valence-corrected chi connectivity index (χ0v) is 17.9. The number of amides is 2. The third-order valence-corrected chi connectivity index (χ3v) is 5.03. The number of benzene rings is 2. The number of imide groups is 1. The summed E-state index contributed by atoms with van der Waals surface area (Å²) in [5, 5.41) is 3.14. The van der Waals surface area contributed by atoms with Gasteiger partial charge in [0.1, 0.15) is 17.2 Å². The molecule has 0 radical (unpaired) electrons. The Morgan fingerprint density at radius 3 is 2.25 bits per heavy atom. The van der Waals surface area contributed by atoms with Gasteiger partial charge in [-0.25, -0.2) is 0 Å². The first kappa shape index (κ1) is 21.1. The van der Waals surface area contributed by atoms with Crippen molar-refractivity contribution in [1.82, 2.24) is 9.88 Å². The number of methoxy groups -OCH3 is 1. The van der Waals surface area contributed by atoms with Crippen LogP contribution in [0.3, 0.4) is 0 Å².